The number of ether oxygens (including phenoxy) is 1. The van der Waals surface area contributed by atoms with E-state index in [1.807, 2.05) is 13.8 Å². The molecule has 1 aliphatic carbocycles. The topological polar surface area (TPSA) is 88.2 Å². The molecular weight excluding hydrogens is 352 g/mol. The standard InChI is InChI=1S/C18H32N4O3S/c1-14(2)25-11-12-26(23,24)22-10-6-9-16(13-22)18-19-17(20-21-18)15-7-4-3-5-8-15/h14-16H,3-13H2,1-2H3,(H,19,20,21)/t16-/m1/s1. The van der Waals surface area contributed by atoms with Gasteiger partial charge >= 0.3 is 0 Å². The van der Waals surface area contributed by atoms with E-state index in [0.29, 0.717) is 19.0 Å². The normalized spacial score (nSPS) is 23.6. The first-order valence-corrected chi connectivity index (χ1v) is 11.6. The maximum atomic E-state index is 12.6. The third-order valence-corrected chi connectivity index (χ3v) is 7.25. The molecule has 0 unspecified atom stereocenters. The van der Waals surface area contributed by atoms with Crippen molar-refractivity contribution >= 4 is 10.0 Å². The van der Waals surface area contributed by atoms with Gasteiger partial charge in [0, 0.05) is 24.9 Å². The van der Waals surface area contributed by atoms with Gasteiger partial charge in [-0.2, -0.15) is 5.10 Å². The summed E-state index contributed by atoms with van der Waals surface area (Å²) in [5, 5.41) is 7.56. The van der Waals surface area contributed by atoms with Crippen LogP contribution in [0.2, 0.25) is 0 Å². The minimum absolute atomic E-state index is 0.0409. The first kappa shape index (κ1) is 19.8. The molecule has 8 heteroatoms. The number of rotatable bonds is 7. The van der Waals surface area contributed by atoms with E-state index in [1.165, 1.54) is 32.1 Å². The summed E-state index contributed by atoms with van der Waals surface area (Å²) in [4.78, 5) is 4.75. The van der Waals surface area contributed by atoms with Crippen LogP contribution >= 0.6 is 0 Å². The largest absolute Gasteiger partial charge is 0.378 e. The minimum Gasteiger partial charge on any atom is -0.378 e. The Morgan fingerprint density at radius 2 is 1.88 bits per heavy atom. The number of aromatic nitrogens is 3. The highest BCUT2D eigenvalue weighted by Crippen LogP contribution is 2.32. The number of sulfonamides is 1. The van der Waals surface area contributed by atoms with E-state index in [9.17, 15) is 8.42 Å². The molecule has 26 heavy (non-hydrogen) atoms. The number of nitrogens with one attached hydrogen (secondary N) is 1. The highest BCUT2D eigenvalue weighted by atomic mass is 32.2. The van der Waals surface area contributed by atoms with Gasteiger partial charge in [0.25, 0.3) is 0 Å². The van der Waals surface area contributed by atoms with E-state index in [4.69, 9.17) is 9.72 Å². The van der Waals surface area contributed by atoms with E-state index >= 15 is 0 Å². The van der Waals surface area contributed by atoms with Crippen LogP contribution in [0.25, 0.3) is 0 Å². The second-order valence-electron chi connectivity index (χ2n) is 7.85. The smallest absolute Gasteiger partial charge is 0.216 e. The molecule has 1 saturated heterocycles. The SMILES string of the molecule is CC(C)OCCS(=O)(=O)N1CCC[C@@H](c2n[nH]c(C3CCCCC3)n2)C1. The Morgan fingerprint density at radius 3 is 2.62 bits per heavy atom. The summed E-state index contributed by atoms with van der Waals surface area (Å²) in [6.45, 7) is 5.13. The molecule has 1 aromatic heterocycles. The van der Waals surface area contributed by atoms with Crippen LogP contribution in [0.15, 0.2) is 0 Å². The molecule has 3 rings (SSSR count). The van der Waals surface area contributed by atoms with Crippen molar-refractivity contribution in [3.05, 3.63) is 11.6 Å². The Balaban J connectivity index is 1.60. The van der Waals surface area contributed by atoms with Crippen molar-refractivity contribution in [1.29, 1.82) is 0 Å². The van der Waals surface area contributed by atoms with Crippen LogP contribution in [0, 0.1) is 0 Å². The van der Waals surface area contributed by atoms with Crippen LogP contribution in [0.5, 0.6) is 0 Å². The van der Waals surface area contributed by atoms with Crippen LogP contribution in [0.4, 0.5) is 0 Å². The van der Waals surface area contributed by atoms with Crippen LogP contribution < -0.4 is 0 Å². The fraction of sp³-hybridized carbons (Fsp3) is 0.889. The monoisotopic (exact) mass is 384 g/mol. The zero-order valence-corrected chi connectivity index (χ0v) is 16.8. The highest BCUT2D eigenvalue weighted by molar-refractivity contribution is 7.89. The molecule has 7 nitrogen and oxygen atoms in total. The number of hydrogen-bond donors (Lipinski definition) is 1. The lowest BCUT2D eigenvalue weighted by molar-refractivity contribution is 0.0905. The van der Waals surface area contributed by atoms with Gasteiger partial charge in [0.15, 0.2) is 5.82 Å². The van der Waals surface area contributed by atoms with E-state index in [-0.39, 0.29) is 24.4 Å². The lowest BCUT2D eigenvalue weighted by Crippen LogP contribution is -2.41. The van der Waals surface area contributed by atoms with Gasteiger partial charge in [-0.05, 0) is 39.5 Å². The van der Waals surface area contributed by atoms with Gasteiger partial charge in [0.1, 0.15) is 5.82 Å². The Bertz CT molecular complexity index is 668. The van der Waals surface area contributed by atoms with Crippen molar-refractivity contribution < 1.29 is 13.2 Å². The van der Waals surface area contributed by atoms with Crippen LogP contribution in [-0.4, -0.2) is 59.5 Å². The number of hydrogen-bond acceptors (Lipinski definition) is 5. The van der Waals surface area contributed by atoms with Gasteiger partial charge in [-0.1, -0.05) is 19.3 Å². The number of H-pyrrole nitrogens is 1. The summed E-state index contributed by atoms with van der Waals surface area (Å²) in [6, 6.07) is 0. The minimum atomic E-state index is -3.29. The maximum absolute atomic E-state index is 12.6. The fourth-order valence-electron chi connectivity index (χ4n) is 3.95. The van der Waals surface area contributed by atoms with E-state index in [1.54, 1.807) is 4.31 Å². The second-order valence-corrected chi connectivity index (χ2v) is 9.93. The average Bonchev–Trinajstić information content (AvgIpc) is 3.12. The van der Waals surface area contributed by atoms with Crippen molar-refractivity contribution in [3.8, 4) is 0 Å². The van der Waals surface area contributed by atoms with Gasteiger partial charge < -0.3 is 4.74 Å². The molecule has 2 heterocycles. The van der Waals surface area contributed by atoms with Crippen molar-refractivity contribution in [2.75, 3.05) is 25.4 Å². The third kappa shape index (κ3) is 5.04. The second kappa shape index (κ2) is 8.80. The summed E-state index contributed by atoms with van der Waals surface area (Å²) >= 11 is 0. The van der Waals surface area contributed by atoms with Crippen LogP contribution in [-0.2, 0) is 14.8 Å². The maximum Gasteiger partial charge on any atom is 0.216 e. The predicted octanol–water partition coefficient (Wildman–Crippen LogP) is 2.79. The highest BCUT2D eigenvalue weighted by Gasteiger charge is 2.32. The lowest BCUT2D eigenvalue weighted by Gasteiger charge is -2.30. The number of nitrogens with zero attached hydrogens (tertiary/aromatic N) is 3. The van der Waals surface area contributed by atoms with Gasteiger partial charge in [-0.15, -0.1) is 0 Å². The van der Waals surface area contributed by atoms with Gasteiger partial charge in [-0.25, -0.2) is 17.7 Å². The van der Waals surface area contributed by atoms with Crippen molar-refractivity contribution in [1.82, 2.24) is 19.5 Å². The van der Waals surface area contributed by atoms with E-state index < -0.39 is 10.0 Å². The summed E-state index contributed by atoms with van der Waals surface area (Å²) in [5.41, 5.74) is 0. The summed E-state index contributed by atoms with van der Waals surface area (Å²) in [7, 11) is -3.29. The molecule has 2 aliphatic rings. The molecule has 0 radical (unpaired) electrons. The van der Waals surface area contributed by atoms with E-state index in [2.05, 4.69) is 10.2 Å². The van der Waals surface area contributed by atoms with Crippen molar-refractivity contribution in [2.45, 2.75) is 76.7 Å². The lowest BCUT2D eigenvalue weighted by atomic mass is 9.89. The summed E-state index contributed by atoms with van der Waals surface area (Å²) < 4.78 is 32.2. The molecule has 2 fully saturated rings. The zero-order valence-electron chi connectivity index (χ0n) is 16.0. The Kier molecular flexibility index (Phi) is 6.69. The van der Waals surface area contributed by atoms with Gasteiger partial charge in [0.05, 0.1) is 18.5 Å². The first-order chi connectivity index (χ1) is 12.5. The Labute approximate surface area is 157 Å². The molecular formula is C18H32N4O3S. The molecule has 0 bridgehead atoms. The molecule has 0 aromatic carbocycles. The molecule has 1 saturated carbocycles. The quantitative estimate of drug-likeness (QED) is 0.781. The predicted molar refractivity (Wildman–Crippen MR) is 101 cm³/mol. The summed E-state index contributed by atoms with van der Waals surface area (Å²) in [6.07, 6.45) is 8.02. The molecule has 1 N–H and O–H groups in total. The van der Waals surface area contributed by atoms with Gasteiger partial charge in [-0.3, -0.25) is 5.10 Å². The van der Waals surface area contributed by atoms with Crippen LogP contribution in [0.1, 0.15) is 82.3 Å². The van der Waals surface area contributed by atoms with Crippen LogP contribution in [0.3, 0.4) is 0 Å². The van der Waals surface area contributed by atoms with Gasteiger partial charge in [0.2, 0.25) is 10.0 Å². The molecule has 1 atom stereocenters. The van der Waals surface area contributed by atoms with Crippen molar-refractivity contribution in [3.63, 3.8) is 0 Å². The third-order valence-electron chi connectivity index (χ3n) is 5.45. The first-order valence-electron chi connectivity index (χ1n) is 9.97. The fourth-order valence-corrected chi connectivity index (χ4v) is 5.33. The molecule has 0 spiro atoms. The van der Waals surface area contributed by atoms with E-state index in [0.717, 1.165) is 24.5 Å². The Morgan fingerprint density at radius 1 is 1.15 bits per heavy atom. The number of aromatic amines is 1. The average molecular weight is 385 g/mol. The molecule has 148 valence electrons. The van der Waals surface area contributed by atoms with Crippen molar-refractivity contribution in [2.24, 2.45) is 0 Å². The molecule has 0 amide bonds. The molecule has 1 aliphatic heterocycles. The number of piperidine rings is 1. The molecule has 1 aromatic rings. The zero-order chi connectivity index (χ0) is 18.6. The summed E-state index contributed by atoms with van der Waals surface area (Å²) in [5.74, 6) is 2.38. The Hall–Kier alpha value is -0.990.